The number of rotatable bonds is 4. The van der Waals surface area contributed by atoms with Crippen molar-refractivity contribution in [1.82, 2.24) is 9.97 Å². The second kappa shape index (κ2) is 9.12. The number of hydrogen-bond acceptors (Lipinski definition) is 6. The van der Waals surface area contributed by atoms with Gasteiger partial charge in [0.15, 0.2) is 0 Å². The molecule has 1 aliphatic rings. The number of pyridine rings is 2. The van der Waals surface area contributed by atoms with Crippen LogP contribution in [-0.4, -0.2) is 42.4 Å². The minimum atomic E-state index is 0.214. The fraction of sp³-hybridized carbons (Fsp3) is 0.250. The normalized spacial score (nSPS) is 18.0. The lowest BCUT2D eigenvalue weighted by molar-refractivity contribution is -0.00521. The molecule has 1 fully saturated rings. The maximum absolute atomic E-state index is 9.09. The first-order valence-electron chi connectivity index (χ1n) is 11.4. The molecule has 0 bridgehead atoms. The van der Waals surface area contributed by atoms with Crippen LogP contribution in [-0.2, 0) is 4.74 Å². The van der Waals surface area contributed by atoms with Crippen molar-refractivity contribution in [3.05, 3.63) is 72.7 Å². The average molecular weight is 451 g/mol. The van der Waals surface area contributed by atoms with E-state index < -0.39 is 0 Å². The van der Waals surface area contributed by atoms with Gasteiger partial charge in [0.2, 0.25) is 0 Å². The predicted octanol–water partition coefficient (Wildman–Crippen LogP) is 5.46. The van der Waals surface area contributed by atoms with Crippen LogP contribution in [0.15, 0.2) is 67.1 Å². The second-order valence-electron chi connectivity index (χ2n) is 8.69. The lowest BCUT2D eigenvalue weighted by Crippen LogP contribution is -2.45. The van der Waals surface area contributed by atoms with Gasteiger partial charge in [-0.3, -0.25) is 9.97 Å². The van der Waals surface area contributed by atoms with Gasteiger partial charge < -0.3 is 14.4 Å². The molecule has 34 heavy (non-hydrogen) atoms. The number of methoxy groups -OCH3 is 1. The van der Waals surface area contributed by atoms with Gasteiger partial charge in [0.05, 0.1) is 41.9 Å². The fourth-order valence-electron chi connectivity index (χ4n) is 4.69. The van der Waals surface area contributed by atoms with Crippen molar-refractivity contribution in [2.45, 2.75) is 26.1 Å². The molecule has 0 spiro atoms. The zero-order chi connectivity index (χ0) is 23.7. The molecule has 6 nitrogen and oxygen atoms in total. The molecule has 1 saturated heterocycles. The molecule has 2 unspecified atom stereocenters. The Hall–Kier alpha value is -3.95. The van der Waals surface area contributed by atoms with E-state index in [1.54, 1.807) is 31.6 Å². The highest BCUT2D eigenvalue weighted by Crippen LogP contribution is 2.38. The summed E-state index contributed by atoms with van der Waals surface area (Å²) in [5.74, 6) is 0.745. The predicted molar refractivity (Wildman–Crippen MR) is 134 cm³/mol. The van der Waals surface area contributed by atoms with Crippen molar-refractivity contribution in [1.29, 1.82) is 5.26 Å². The molecule has 1 aliphatic heterocycles. The zero-order valence-corrected chi connectivity index (χ0v) is 19.5. The summed E-state index contributed by atoms with van der Waals surface area (Å²) < 4.78 is 11.7. The summed E-state index contributed by atoms with van der Waals surface area (Å²) in [6, 6.07) is 18.1. The molecule has 6 heteroatoms. The first kappa shape index (κ1) is 21.9. The Morgan fingerprint density at radius 2 is 1.56 bits per heavy atom. The van der Waals surface area contributed by atoms with Gasteiger partial charge >= 0.3 is 0 Å². The van der Waals surface area contributed by atoms with Crippen molar-refractivity contribution >= 4 is 16.6 Å². The Morgan fingerprint density at radius 3 is 2.21 bits per heavy atom. The first-order chi connectivity index (χ1) is 16.6. The van der Waals surface area contributed by atoms with Crippen LogP contribution in [0.25, 0.3) is 33.2 Å². The third kappa shape index (κ3) is 4.07. The average Bonchev–Trinajstić information content (AvgIpc) is 2.87. The van der Waals surface area contributed by atoms with Gasteiger partial charge in [0, 0.05) is 48.5 Å². The third-order valence-electron chi connectivity index (χ3n) is 6.22. The summed E-state index contributed by atoms with van der Waals surface area (Å²) in [5.41, 5.74) is 6.43. The lowest BCUT2D eigenvalue weighted by Gasteiger charge is -2.36. The largest absolute Gasteiger partial charge is 0.495 e. The van der Waals surface area contributed by atoms with Gasteiger partial charge in [-0.25, -0.2) is 0 Å². The van der Waals surface area contributed by atoms with Gasteiger partial charge in [-0.15, -0.1) is 0 Å². The number of fused-ring (bicyclic) bond motifs is 1. The number of ether oxygens (including phenoxy) is 2. The number of morpholine rings is 1. The van der Waals surface area contributed by atoms with Gasteiger partial charge in [-0.05, 0) is 49.2 Å². The molecular weight excluding hydrogens is 424 g/mol. The standard InChI is InChI=1S/C28H26N4O2/c1-18-16-32(17-19(2)34-18)23-10-8-22(9-11-23)25-15-31-27-24(13-30-14-26(27)28(25)33-3)21-6-4-20(12-29)5-7-21/h4-11,13-15,18-19H,16-17H2,1-3H3. The summed E-state index contributed by atoms with van der Waals surface area (Å²) >= 11 is 0. The highest BCUT2D eigenvalue weighted by Gasteiger charge is 2.22. The molecule has 0 radical (unpaired) electrons. The van der Waals surface area contributed by atoms with Crippen LogP contribution in [0.4, 0.5) is 5.69 Å². The van der Waals surface area contributed by atoms with E-state index in [0.717, 1.165) is 52.0 Å². The van der Waals surface area contributed by atoms with Crippen molar-refractivity contribution in [2.75, 3.05) is 25.1 Å². The number of anilines is 1. The first-order valence-corrected chi connectivity index (χ1v) is 11.4. The number of nitrogens with zero attached hydrogens (tertiary/aromatic N) is 4. The second-order valence-corrected chi connectivity index (χ2v) is 8.69. The van der Waals surface area contributed by atoms with Crippen LogP contribution >= 0.6 is 0 Å². The molecule has 0 aliphatic carbocycles. The van der Waals surface area contributed by atoms with Gasteiger partial charge in [0.1, 0.15) is 5.75 Å². The smallest absolute Gasteiger partial charge is 0.139 e. The van der Waals surface area contributed by atoms with Crippen LogP contribution in [0.1, 0.15) is 19.4 Å². The van der Waals surface area contributed by atoms with E-state index in [4.69, 9.17) is 19.7 Å². The quantitative estimate of drug-likeness (QED) is 0.411. The van der Waals surface area contributed by atoms with E-state index in [1.807, 2.05) is 18.3 Å². The maximum Gasteiger partial charge on any atom is 0.139 e. The van der Waals surface area contributed by atoms with Crippen molar-refractivity contribution in [3.63, 3.8) is 0 Å². The topological polar surface area (TPSA) is 71.3 Å². The Kier molecular flexibility index (Phi) is 5.87. The molecule has 5 rings (SSSR count). The summed E-state index contributed by atoms with van der Waals surface area (Å²) in [7, 11) is 1.68. The minimum Gasteiger partial charge on any atom is -0.495 e. The van der Waals surface area contributed by atoms with Crippen molar-refractivity contribution in [3.8, 4) is 34.1 Å². The maximum atomic E-state index is 9.09. The minimum absolute atomic E-state index is 0.214. The van der Waals surface area contributed by atoms with E-state index >= 15 is 0 Å². The molecule has 2 aromatic heterocycles. The number of nitriles is 1. The molecule has 4 aromatic rings. The fourth-order valence-corrected chi connectivity index (χ4v) is 4.69. The highest BCUT2D eigenvalue weighted by molar-refractivity contribution is 5.99. The third-order valence-corrected chi connectivity index (χ3v) is 6.22. The van der Waals surface area contributed by atoms with Crippen molar-refractivity contribution < 1.29 is 9.47 Å². The summed E-state index contributed by atoms with van der Waals surface area (Å²) in [6.45, 7) is 5.99. The van der Waals surface area contributed by atoms with Crippen LogP contribution in [0.2, 0.25) is 0 Å². The van der Waals surface area contributed by atoms with E-state index in [-0.39, 0.29) is 12.2 Å². The van der Waals surface area contributed by atoms with E-state index in [0.29, 0.717) is 5.56 Å². The summed E-state index contributed by atoms with van der Waals surface area (Å²) in [4.78, 5) is 11.6. The zero-order valence-electron chi connectivity index (χ0n) is 19.5. The van der Waals surface area contributed by atoms with Gasteiger partial charge in [-0.2, -0.15) is 5.26 Å². The van der Waals surface area contributed by atoms with Crippen LogP contribution < -0.4 is 9.64 Å². The van der Waals surface area contributed by atoms with E-state index in [1.165, 1.54) is 5.69 Å². The molecule has 2 aromatic carbocycles. The van der Waals surface area contributed by atoms with Crippen molar-refractivity contribution in [2.24, 2.45) is 0 Å². The molecule has 0 N–H and O–H groups in total. The molecule has 2 atom stereocenters. The molecule has 3 heterocycles. The summed E-state index contributed by atoms with van der Waals surface area (Å²) in [6.07, 6.45) is 5.89. The number of benzene rings is 2. The molecule has 170 valence electrons. The van der Waals surface area contributed by atoms with E-state index in [2.05, 4.69) is 54.1 Å². The number of aromatic nitrogens is 2. The van der Waals surface area contributed by atoms with E-state index in [9.17, 15) is 0 Å². The lowest BCUT2D eigenvalue weighted by atomic mass is 10.00. The molecule has 0 amide bonds. The molecule has 0 saturated carbocycles. The Balaban J connectivity index is 1.52. The van der Waals surface area contributed by atoms with Gasteiger partial charge in [0.25, 0.3) is 0 Å². The summed E-state index contributed by atoms with van der Waals surface area (Å²) in [5, 5.41) is 9.94. The van der Waals surface area contributed by atoms with Crippen LogP contribution in [0.3, 0.4) is 0 Å². The SMILES string of the molecule is COc1c(-c2ccc(N3CC(C)OC(C)C3)cc2)cnc2c(-c3ccc(C#N)cc3)cncc12. The highest BCUT2D eigenvalue weighted by atomic mass is 16.5. The Bertz CT molecular complexity index is 1350. The Labute approximate surface area is 199 Å². The number of hydrogen-bond donors (Lipinski definition) is 0. The Morgan fingerprint density at radius 1 is 0.912 bits per heavy atom. The molecular formula is C28H26N4O2. The van der Waals surface area contributed by atoms with Crippen LogP contribution in [0, 0.1) is 11.3 Å². The monoisotopic (exact) mass is 450 g/mol. The van der Waals surface area contributed by atoms with Crippen LogP contribution in [0.5, 0.6) is 5.75 Å². The van der Waals surface area contributed by atoms with Gasteiger partial charge in [-0.1, -0.05) is 24.3 Å².